The number of sulfonamides is 2. The quantitative estimate of drug-likeness (QED) is 0.632. The van der Waals surface area contributed by atoms with Gasteiger partial charge in [0.2, 0.25) is 20.0 Å². The van der Waals surface area contributed by atoms with E-state index in [4.69, 9.17) is 10.2 Å². The third kappa shape index (κ3) is 6.00. The molecule has 9 nitrogen and oxygen atoms in total. The number of primary sulfonamides is 1. The van der Waals surface area contributed by atoms with Crippen LogP contribution in [0.5, 0.6) is 0 Å². The zero-order valence-corrected chi connectivity index (χ0v) is 17.4. The van der Waals surface area contributed by atoms with Crippen LogP contribution in [0.2, 0.25) is 0 Å². The van der Waals surface area contributed by atoms with Gasteiger partial charge in [-0.05, 0) is 50.2 Å². The van der Waals surface area contributed by atoms with Crippen LogP contribution >= 0.6 is 0 Å². The molecule has 29 heavy (non-hydrogen) atoms. The van der Waals surface area contributed by atoms with Crippen LogP contribution in [0.1, 0.15) is 23.2 Å². The largest absolute Gasteiger partial charge is 0.478 e. The Labute approximate surface area is 170 Å². The lowest BCUT2D eigenvalue weighted by atomic mass is 10.1. The fourth-order valence-electron chi connectivity index (χ4n) is 2.82. The molecule has 0 aromatic heterocycles. The van der Waals surface area contributed by atoms with Crippen LogP contribution in [0.4, 0.5) is 5.69 Å². The van der Waals surface area contributed by atoms with Gasteiger partial charge in [-0.2, -0.15) is 0 Å². The molecular formula is C18H23N3O6S2. The van der Waals surface area contributed by atoms with Crippen molar-refractivity contribution in [2.75, 3.05) is 25.0 Å². The molecule has 3 rings (SSSR count). The molecule has 0 amide bonds. The van der Waals surface area contributed by atoms with Crippen LogP contribution in [0.3, 0.4) is 0 Å². The number of nitrogens with two attached hydrogens (primary N) is 1. The minimum Gasteiger partial charge on any atom is -0.478 e. The van der Waals surface area contributed by atoms with Crippen LogP contribution in [-0.2, 0) is 20.0 Å². The molecule has 1 saturated heterocycles. The van der Waals surface area contributed by atoms with E-state index in [1.165, 1.54) is 25.2 Å². The minimum absolute atomic E-state index is 0.142. The normalized spacial score (nSPS) is 14.2. The number of rotatable bonds is 5. The number of aromatic carboxylic acids is 1. The fourth-order valence-corrected chi connectivity index (χ4v) is 4.23. The molecule has 0 bridgehead atoms. The predicted octanol–water partition coefficient (Wildman–Crippen LogP) is 1.23. The van der Waals surface area contributed by atoms with Gasteiger partial charge in [0, 0.05) is 13.1 Å². The van der Waals surface area contributed by atoms with Gasteiger partial charge in [-0.15, -0.1) is 0 Å². The average molecular weight is 442 g/mol. The van der Waals surface area contributed by atoms with E-state index in [0.717, 1.165) is 37.7 Å². The summed E-state index contributed by atoms with van der Waals surface area (Å²) < 4.78 is 46.7. The van der Waals surface area contributed by atoms with Gasteiger partial charge in [0.15, 0.2) is 0 Å². The van der Waals surface area contributed by atoms with Crippen LogP contribution in [-0.4, -0.2) is 48.0 Å². The number of para-hydroxylation sites is 1. The second-order valence-corrected chi connectivity index (χ2v) is 9.69. The Morgan fingerprint density at radius 3 is 2.14 bits per heavy atom. The molecule has 2 aromatic rings. The van der Waals surface area contributed by atoms with E-state index in [1.54, 1.807) is 12.1 Å². The number of carbonyl (C=O) groups is 1. The lowest BCUT2D eigenvalue weighted by molar-refractivity contribution is 0.0697. The number of hydrogen-bond donors (Lipinski definition) is 3. The van der Waals surface area contributed by atoms with Crippen molar-refractivity contribution in [2.45, 2.75) is 22.6 Å². The average Bonchev–Trinajstić information content (AvgIpc) is 3.22. The number of benzene rings is 2. The smallest absolute Gasteiger partial charge is 0.337 e. The van der Waals surface area contributed by atoms with E-state index < -0.39 is 26.0 Å². The maximum Gasteiger partial charge on any atom is 0.337 e. The van der Waals surface area contributed by atoms with E-state index in [-0.39, 0.29) is 9.79 Å². The van der Waals surface area contributed by atoms with Crippen LogP contribution < -0.4 is 14.8 Å². The summed E-state index contributed by atoms with van der Waals surface area (Å²) in [7, 11) is -6.30. The van der Waals surface area contributed by atoms with Crippen molar-refractivity contribution in [1.29, 1.82) is 0 Å². The van der Waals surface area contributed by atoms with Gasteiger partial charge >= 0.3 is 5.97 Å². The van der Waals surface area contributed by atoms with Crippen LogP contribution in [0, 0.1) is 0 Å². The van der Waals surface area contributed by atoms with Gasteiger partial charge in [0.25, 0.3) is 0 Å². The molecule has 158 valence electrons. The summed E-state index contributed by atoms with van der Waals surface area (Å²) in [5.41, 5.74) is 1.27. The van der Waals surface area contributed by atoms with E-state index >= 15 is 0 Å². The van der Waals surface area contributed by atoms with Crippen molar-refractivity contribution >= 4 is 31.7 Å². The molecule has 11 heteroatoms. The second kappa shape index (κ2) is 9.35. The summed E-state index contributed by atoms with van der Waals surface area (Å²) >= 11 is 0. The summed E-state index contributed by atoms with van der Waals surface area (Å²) in [6.45, 7) is 1.95. The summed E-state index contributed by atoms with van der Waals surface area (Å²) in [5.74, 6) is -0.840. The first-order valence-corrected chi connectivity index (χ1v) is 11.7. The first kappa shape index (κ1) is 22.8. The maximum absolute atomic E-state index is 11.3. The molecule has 0 aliphatic carbocycles. The molecule has 1 fully saturated rings. The van der Waals surface area contributed by atoms with Crippen LogP contribution in [0.15, 0.2) is 58.3 Å². The third-order valence-corrected chi connectivity index (χ3v) is 6.62. The first-order chi connectivity index (χ1) is 13.6. The number of carboxylic acids is 1. The Hall–Kier alpha value is -2.47. The van der Waals surface area contributed by atoms with E-state index in [9.17, 15) is 21.6 Å². The summed E-state index contributed by atoms with van der Waals surface area (Å²) in [6.07, 6.45) is 2.32. The van der Waals surface area contributed by atoms with Crippen LogP contribution in [0.25, 0.3) is 0 Å². The van der Waals surface area contributed by atoms with Gasteiger partial charge in [0.1, 0.15) is 0 Å². The Morgan fingerprint density at radius 2 is 1.59 bits per heavy atom. The highest BCUT2D eigenvalue weighted by molar-refractivity contribution is 7.90. The standard InChI is InChI=1S/C11H13NO2.C7H10N2O4S2/c13-11(14)9-5-1-2-6-10(9)12-7-3-4-8-12;1-9-15(12,13)7-4-2-3-6(5-7)14(8,10)11/h1-2,5-6H,3-4,7-8H2,(H,13,14);2-5,9H,1H3,(H2,8,10,11). The van der Waals surface area contributed by atoms with Gasteiger partial charge in [-0.25, -0.2) is 31.5 Å². The number of nitrogens with zero attached hydrogens (tertiary/aromatic N) is 1. The molecule has 1 aliphatic heterocycles. The molecule has 2 aromatic carbocycles. The molecule has 0 spiro atoms. The highest BCUT2D eigenvalue weighted by atomic mass is 32.2. The Kier molecular flexibility index (Phi) is 7.36. The molecule has 1 aliphatic rings. The van der Waals surface area contributed by atoms with Crippen molar-refractivity contribution in [3.8, 4) is 0 Å². The van der Waals surface area contributed by atoms with Gasteiger partial charge in [0.05, 0.1) is 21.0 Å². The SMILES string of the molecule is CNS(=O)(=O)c1cccc(S(N)(=O)=O)c1.O=C(O)c1ccccc1N1CCCC1. The monoisotopic (exact) mass is 441 g/mol. The lowest BCUT2D eigenvalue weighted by Crippen LogP contribution is -2.20. The molecule has 4 N–H and O–H groups in total. The van der Waals surface area contributed by atoms with Gasteiger partial charge < -0.3 is 10.0 Å². The zero-order valence-electron chi connectivity index (χ0n) is 15.8. The summed E-state index contributed by atoms with van der Waals surface area (Å²) in [5, 5.41) is 13.9. The Bertz CT molecular complexity index is 1080. The minimum atomic E-state index is -3.89. The number of carboxylic acid groups (broad SMARTS) is 1. The zero-order chi connectivity index (χ0) is 21.7. The maximum atomic E-state index is 11.3. The topological polar surface area (TPSA) is 147 Å². The summed E-state index contributed by atoms with van der Waals surface area (Å²) in [6, 6.07) is 12.0. The van der Waals surface area contributed by atoms with Crippen molar-refractivity contribution in [3.05, 3.63) is 54.1 Å². The van der Waals surface area contributed by atoms with E-state index in [1.807, 2.05) is 12.1 Å². The summed E-state index contributed by atoms with van der Waals surface area (Å²) in [4.78, 5) is 12.7. The first-order valence-electron chi connectivity index (χ1n) is 8.70. The molecule has 0 atom stereocenters. The fraction of sp³-hybridized carbons (Fsp3) is 0.278. The van der Waals surface area contributed by atoms with Gasteiger partial charge in [-0.3, -0.25) is 0 Å². The van der Waals surface area contributed by atoms with E-state index in [2.05, 4.69) is 9.62 Å². The highest BCUT2D eigenvalue weighted by Crippen LogP contribution is 2.24. The predicted molar refractivity (Wildman–Crippen MR) is 109 cm³/mol. The van der Waals surface area contributed by atoms with Gasteiger partial charge in [-0.1, -0.05) is 18.2 Å². The Morgan fingerprint density at radius 1 is 1.00 bits per heavy atom. The third-order valence-electron chi connectivity index (χ3n) is 4.29. The molecular weight excluding hydrogens is 418 g/mol. The highest BCUT2D eigenvalue weighted by Gasteiger charge is 2.18. The van der Waals surface area contributed by atoms with Crippen molar-refractivity contribution in [1.82, 2.24) is 4.72 Å². The Balaban J connectivity index is 0.000000207. The molecule has 0 radical (unpaired) electrons. The van der Waals surface area contributed by atoms with E-state index in [0.29, 0.717) is 5.56 Å². The number of hydrogen-bond acceptors (Lipinski definition) is 6. The number of nitrogens with one attached hydrogen (secondary N) is 1. The van der Waals surface area contributed by atoms with Crippen molar-refractivity contribution < 1.29 is 26.7 Å². The lowest BCUT2D eigenvalue weighted by Gasteiger charge is -2.19. The second-order valence-electron chi connectivity index (χ2n) is 6.24. The van der Waals surface area contributed by atoms with Crippen molar-refractivity contribution in [3.63, 3.8) is 0 Å². The molecule has 0 unspecified atom stereocenters. The molecule has 0 saturated carbocycles. The number of anilines is 1. The van der Waals surface area contributed by atoms with Crippen molar-refractivity contribution in [2.24, 2.45) is 5.14 Å². The molecule has 1 heterocycles.